The minimum absolute atomic E-state index is 0.153. The number of esters is 1. The summed E-state index contributed by atoms with van der Waals surface area (Å²) in [7, 11) is 2.55. The molecule has 9 heteroatoms. The molecule has 1 aromatic rings. The lowest BCUT2D eigenvalue weighted by molar-refractivity contribution is -0.128. The van der Waals surface area contributed by atoms with Gasteiger partial charge in [-0.1, -0.05) is 0 Å². The molecule has 0 fully saturated rings. The van der Waals surface area contributed by atoms with Gasteiger partial charge in [0.15, 0.2) is 17.6 Å². The highest BCUT2D eigenvalue weighted by Gasteiger charge is 2.23. The third kappa shape index (κ3) is 5.12. The summed E-state index contributed by atoms with van der Waals surface area (Å²) in [5.74, 6) is -0.769. The standard InChI is InChI=1S/C15H18BrNO7/c1-5-23-12-10(16)6-9(7-11(12)21-3)14(19)24-8(2)13(18)17-15(20)22-4/h6-8H,5H2,1-4H3,(H,17,18,20)/t8-/m0/s1. The van der Waals surface area contributed by atoms with Crippen molar-refractivity contribution in [1.29, 1.82) is 0 Å². The van der Waals surface area contributed by atoms with Crippen LogP contribution < -0.4 is 14.8 Å². The van der Waals surface area contributed by atoms with Crippen LogP contribution in [0.1, 0.15) is 24.2 Å². The van der Waals surface area contributed by atoms with Crippen LogP contribution in [0.25, 0.3) is 0 Å². The maximum Gasteiger partial charge on any atom is 0.413 e. The molecule has 8 nitrogen and oxygen atoms in total. The van der Waals surface area contributed by atoms with Crippen LogP contribution in [0.3, 0.4) is 0 Å². The van der Waals surface area contributed by atoms with Crippen LogP contribution in [-0.4, -0.2) is 44.9 Å². The minimum atomic E-state index is -1.19. The van der Waals surface area contributed by atoms with Crippen LogP contribution in [0.2, 0.25) is 0 Å². The van der Waals surface area contributed by atoms with Gasteiger partial charge in [0.25, 0.3) is 5.91 Å². The van der Waals surface area contributed by atoms with Crippen LogP contribution in [0.5, 0.6) is 11.5 Å². The third-order valence-electron chi connectivity index (χ3n) is 2.82. The fraction of sp³-hybridized carbons (Fsp3) is 0.400. The van der Waals surface area contributed by atoms with Gasteiger partial charge in [-0.2, -0.15) is 0 Å². The van der Waals surface area contributed by atoms with E-state index in [9.17, 15) is 14.4 Å². The van der Waals surface area contributed by atoms with Gasteiger partial charge in [0.05, 0.1) is 30.9 Å². The molecule has 2 amide bonds. The molecule has 24 heavy (non-hydrogen) atoms. The predicted molar refractivity (Wildman–Crippen MR) is 87.3 cm³/mol. The minimum Gasteiger partial charge on any atom is -0.493 e. The number of benzene rings is 1. The molecule has 0 saturated carbocycles. The molecule has 1 atom stereocenters. The number of carbonyl (C=O) groups is 3. The number of halogens is 1. The lowest BCUT2D eigenvalue weighted by Crippen LogP contribution is -2.39. The molecular formula is C15H18BrNO7. The topological polar surface area (TPSA) is 100 Å². The Hall–Kier alpha value is -2.29. The van der Waals surface area contributed by atoms with Gasteiger partial charge >= 0.3 is 12.1 Å². The molecule has 132 valence electrons. The first-order chi connectivity index (χ1) is 11.3. The van der Waals surface area contributed by atoms with E-state index in [4.69, 9.17) is 14.2 Å². The molecule has 0 unspecified atom stereocenters. The molecule has 0 spiro atoms. The smallest absolute Gasteiger partial charge is 0.413 e. The summed E-state index contributed by atoms with van der Waals surface area (Å²) in [6.07, 6.45) is -2.12. The molecule has 0 radical (unpaired) electrons. The molecule has 1 aromatic carbocycles. The van der Waals surface area contributed by atoms with Gasteiger partial charge in [-0.25, -0.2) is 9.59 Å². The number of nitrogens with one attached hydrogen (secondary N) is 1. The van der Waals surface area contributed by atoms with Gasteiger partial charge in [-0.3, -0.25) is 10.1 Å². The molecular weight excluding hydrogens is 386 g/mol. The summed E-state index contributed by atoms with van der Waals surface area (Å²) in [5, 5.41) is 1.91. The van der Waals surface area contributed by atoms with Crippen molar-refractivity contribution in [3.63, 3.8) is 0 Å². The van der Waals surface area contributed by atoms with Crippen LogP contribution in [0.4, 0.5) is 4.79 Å². The Balaban J connectivity index is 2.90. The molecule has 0 aliphatic heterocycles. The molecule has 0 aromatic heterocycles. The van der Waals surface area contributed by atoms with Crippen molar-refractivity contribution >= 4 is 33.9 Å². The van der Waals surface area contributed by atoms with Gasteiger partial charge < -0.3 is 18.9 Å². The van der Waals surface area contributed by atoms with Crippen molar-refractivity contribution < 1.29 is 33.3 Å². The number of alkyl carbamates (subject to hydrolysis) is 1. The monoisotopic (exact) mass is 403 g/mol. The predicted octanol–water partition coefficient (Wildman–Crippen LogP) is 2.28. The quantitative estimate of drug-likeness (QED) is 0.726. The maximum atomic E-state index is 12.2. The first kappa shape index (κ1) is 19.8. The zero-order valence-electron chi connectivity index (χ0n) is 13.7. The Morgan fingerprint density at radius 3 is 2.46 bits per heavy atom. The van der Waals surface area contributed by atoms with Crippen molar-refractivity contribution in [2.24, 2.45) is 0 Å². The highest BCUT2D eigenvalue weighted by molar-refractivity contribution is 9.10. The molecule has 0 heterocycles. The number of hydrogen-bond donors (Lipinski definition) is 1. The lowest BCUT2D eigenvalue weighted by atomic mass is 10.2. The molecule has 0 bridgehead atoms. The van der Waals surface area contributed by atoms with Crippen molar-refractivity contribution in [1.82, 2.24) is 5.32 Å². The number of rotatable bonds is 6. The van der Waals surface area contributed by atoms with E-state index >= 15 is 0 Å². The van der Waals surface area contributed by atoms with E-state index in [0.717, 1.165) is 7.11 Å². The van der Waals surface area contributed by atoms with E-state index in [0.29, 0.717) is 22.6 Å². The summed E-state index contributed by atoms with van der Waals surface area (Å²) in [5.41, 5.74) is 0.153. The summed E-state index contributed by atoms with van der Waals surface area (Å²) >= 11 is 3.29. The molecule has 0 saturated heterocycles. The zero-order chi connectivity index (χ0) is 18.3. The van der Waals surface area contributed by atoms with E-state index in [2.05, 4.69) is 20.7 Å². The lowest BCUT2D eigenvalue weighted by Gasteiger charge is -2.15. The van der Waals surface area contributed by atoms with E-state index in [1.54, 1.807) is 0 Å². The molecule has 1 N–H and O–H groups in total. The normalized spacial score (nSPS) is 11.2. The van der Waals surface area contributed by atoms with Crippen LogP contribution in [0, 0.1) is 0 Å². The highest BCUT2D eigenvalue weighted by atomic mass is 79.9. The highest BCUT2D eigenvalue weighted by Crippen LogP contribution is 2.36. The average Bonchev–Trinajstić information content (AvgIpc) is 2.55. The average molecular weight is 404 g/mol. The Bertz CT molecular complexity index is 632. The zero-order valence-corrected chi connectivity index (χ0v) is 15.3. The van der Waals surface area contributed by atoms with Crippen molar-refractivity contribution in [3.8, 4) is 11.5 Å². The number of ether oxygens (including phenoxy) is 4. The van der Waals surface area contributed by atoms with Gasteiger partial charge in [0.1, 0.15) is 0 Å². The van der Waals surface area contributed by atoms with E-state index in [1.807, 2.05) is 12.2 Å². The summed E-state index contributed by atoms with van der Waals surface area (Å²) in [6.45, 7) is 3.57. The third-order valence-corrected chi connectivity index (χ3v) is 3.41. The number of amides is 2. The van der Waals surface area contributed by atoms with E-state index in [-0.39, 0.29) is 5.56 Å². The fourth-order valence-electron chi connectivity index (χ4n) is 1.66. The number of carbonyl (C=O) groups excluding carboxylic acids is 3. The Labute approximate surface area is 147 Å². The Morgan fingerprint density at radius 1 is 1.25 bits per heavy atom. The summed E-state index contributed by atoms with van der Waals surface area (Å²) < 4.78 is 20.4. The number of hydrogen-bond acceptors (Lipinski definition) is 7. The second-order valence-electron chi connectivity index (χ2n) is 4.45. The van der Waals surface area contributed by atoms with E-state index in [1.165, 1.54) is 26.2 Å². The van der Waals surface area contributed by atoms with Crippen molar-refractivity contribution in [3.05, 3.63) is 22.2 Å². The summed E-state index contributed by atoms with van der Waals surface area (Å²) in [6, 6.07) is 2.92. The SMILES string of the molecule is CCOc1c(Br)cc(C(=O)O[C@@H](C)C(=O)NC(=O)OC)cc1OC. The number of imide groups is 1. The van der Waals surface area contributed by atoms with Crippen LogP contribution in [0.15, 0.2) is 16.6 Å². The second-order valence-corrected chi connectivity index (χ2v) is 5.31. The van der Waals surface area contributed by atoms with Crippen molar-refractivity contribution in [2.75, 3.05) is 20.8 Å². The first-order valence-corrected chi connectivity index (χ1v) is 7.73. The Morgan fingerprint density at radius 2 is 1.92 bits per heavy atom. The molecule has 0 aliphatic rings. The Kier molecular flexibility index (Phi) is 7.50. The molecule has 0 aliphatic carbocycles. The maximum absolute atomic E-state index is 12.2. The van der Waals surface area contributed by atoms with Gasteiger partial charge in [0, 0.05) is 0 Å². The first-order valence-electron chi connectivity index (χ1n) is 6.94. The molecule has 1 rings (SSSR count). The van der Waals surface area contributed by atoms with Crippen molar-refractivity contribution in [2.45, 2.75) is 20.0 Å². The van der Waals surface area contributed by atoms with Crippen LogP contribution >= 0.6 is 15.9 Å². The fourth-order valence-corrected chi connectivity index (χ4v) is 2.21. The summed E-state index contributed by atoms with van der Waals surface area (Å²) in [4.78, 5) is 34.8. The van der Waals surface area contributed by atoms with Gasteiger partial charge in [-0.15, -0.1) is 0 Å². The number of methoxy groups -OCH3 is 2. The largest absolute Gasteiger partial charge is 0.493 e. The second kappa shape index (κ2) is 9.11. The van der Waals surface area contributed by atoms with Gasteiger partial charge in [-0.05, 0) is 41.9 Å². The van der Waals surface area contributed by atoms with E-state index < -0.39 is 24.1 Å². The van der Waals surface area contributed by atoms with Gasteiger partial charge in [0.2, 0.25) is 0 Å². The van der Waals surface area contributed by atoms with Crippen LogP contribution in [-0.2, 0) is 14.3 Å².